The lowest BCUT2D eigenvalue weighted by Gasteiger charge is -2.39. The van der Waals surface area contributed by atoms with Crippen LogP contribution in [0, 0.1) is 5.92 Å². The van der Waals surface area contributed by atoms with Gasteiger partial charge in [-0.1, -0.05) is 43.7 Å². The lowest BCUT2D eigenvalue weighted by Crippen LogP contribution is -2.47. The van der Waals surface area contributed by atoms with Gasteiger partial charge in [0.15, 0.2) is 0 Å². The van der Waals surface area contributed by atoms with E-state index in [-0.39, 0.29) is 18.1 Å². The molecule has 3 nitrogen and oxygen atoms in total. The van der Waals surface area contributed by atoms with E-state index in [9.17, 15) is 4.79 Å². The zero-order valence-corrected chi connectivity index (χ0v) is 12.4. The van der Waals surface area contributed by atoms with Gasteiger partial charge in [-0.2, -0.15) is 0 Å². The third kappa shape index (κ3) is 2.24. The van der Waals surface area contributed by atoms with Crippen LogP contribution in [0.3, 0.4) is 0 Å². The summed E-state index contributed by atoms with van der Waals surface area (Å²) in [4.78, 5) is 14.9. The fraction of sp³-hybridized carbons (Fsp3) is 0.588. The van der Waals surface area contributed by atoms with Crippen molar-refractivity contribution in [1.82, 2.24) is 10.2 Å². The minimum absolute atomic E-state index is 0.163. The lowest BCUT2D eigenvalue weighted by atomic mass is 9.79. The van der Waals surface area contributed by atoms with Crippen LogP contribution in [0.15, 0.2) is 30.3 Å². The molecule has 108 valence electrons. The average Bonchev–Trinajstić information content (AvgIpc) is 2.74. The zero-order valence-electron chi connectivity index (χ0n) is 12.4. The van der Waals surface area contributed by atoms with E-state index in [2.05, 4.69) is 24.1 Å². The second kappa shape index (κ2) is 5.57. The van der Waals surface area contributed by atoms with Gasteiger partial charge in [-0.25, -0.2) is 0 Å². The third-order valence-electron chi connectivity index (χ3n) is 4.99. The molecule has 1 heterocycles. The molecule has 1 amide bonds. The SMILES string of the molecule is CCC1NC(c2ccccc2)C(=O)N1C(C)C1CCC1. The van der Waals surface area contributed by atoms with Crippen molar-refractivity contribution < 1.29 is 4.79 Å². The van der Waals surface area contributed by atoms with Crippen LogP contribution >= 0.6 is 0 Å². The fourth-order valence-electron chi connectivity index (χ4n) is 3.48. The van der Waals surface area contributed by atoms with Crippen molar-refractivity contribution in [3.8, 4) is 0 Å². The Bertz CT molecular complexity index is 469. The van der Waals surface area contributed by atoms with E-state index in [0.29, 0.717) is 12.0 Å². The molecule has 3 rings (SSSR count). The highest BCUT2D eigenvalue weighted by Crippen LogP contribution is 2.36. The molecule has 1 aromatic carbocycles. The highest BCUT2D eigenvalue weighted by Gasteiger charge is 2.43. The van der Waals surface area contributed by atoms with Crippen molar-refractivity contribution in [1.29, 1.82) is 0 Å². The molecule has 0 bridgehead atoms. The Hall–Kier alpha value is -1.35. The van der Waals surface area contributed by atoms with Gasteiger partial charge in [0.25, 0.3) is 0 Å². The molecule has 1 aliphatic carbocycles. The summed E-state index contributed by atoms with van der Waals surface area (Å²) in [5, 5.41) is 3.52. The predicted octanol–water partition coefficient (Wildman–Crippen LogP) is 3.08. The molecule has 3 heteroatoms. The van der Waals surface area contributed by atoms with E-state index in [1.165, 1.54) is 19.3 Å². The quantitative estimate of drug-likeness (QED) is 0.913. The Morgan fingerprint density at radius 3 is 2.55 bits per heavy atom. The first-order chi connectivity index (χ1) is 9.72. The minimum atomic E-state index is -0.163. The van der Waals surface area contributed by atoms with E-state index in [1.807, 2.05) is 30.3 Å². The first-order valence-corrected chi connectivity index (χ1v) is 7.85. The Morgan fingerprint density at radius 2 is 2.00 bits per heavy atom. The van der Waals surface area contributed by atoms with Gasteiger partial charge in [0.05, 0.1) is 6.17 Å². The highest BCUT2D eigenvalue weighted by molar-refractivity contribution is 5.86. The minimum Gasteiger partial charge on any atom is -0.323 e. The molecule has 0 aromatic heterocycles. The van der Waals surface area contributed by atoms with Gasteiger partial charge >= 0.3 is 0 Å². The van der Waals surface area contributed by atoms with Crippen LogP contribution in [0.25, 0.3) is 0 Å². The Morgan fingerprint density at radius 1 is 1.30 bits per heavy atom. The molecule has 1 aromatic rings. The number of hydrogen-bond donors (Lipinski definition) is 1. The van der Waals surface area contributed by atoms with E-state index in [0.717, 1.165) is 12.0 Å². The second-order valence-corrected chi connectivity index (χ2v) is 6.11. The van der Waals surface area contributed by atoms with Crippen LogP contribution in [-0.2, 0) is 4.79 Å². The van der Waals surface area contributed by atoms with Gasteiger partial charge in [0.1, 0.15) is 6.04 Å². The number of nitrogens with one attached hydrogen (secondary N) is 1. The van der Waals surface area contributed by atoms with Crippen molar-refractivity contribution >= 4 is 5.91 Å². The molecule has 20 heavy (non-hydrogen) atoms. The molecule has 1 N–H and O–H groups in total. The van der Waals surface area contributed by atoms with Crippen molar-refractivity contribution in [3.63, 3.8) is 0 Å². The summed E-state index contributed by atoms with van der Waals surface area (Å²) in [5.41, 5.74) is 1.08. The summed E-state index contributed by atoms with van der Waals surface area (Å²) < 4.78 is 0. The van der Waals surface area contributed by atoms with Crippen LogP contribution in [-0.4, -0.2) is 23.0 Å². The Kier molecular flexibility index (Phi) is 3.79. The number of hydrogen-bond acceptors (Lipinski definition) is 2. The first kappa shape index (κ1) is 13.6. The molecule has 3 unspecified atom stereocenters. The largest absolute Gasteiger partial charge is 0.323 e. The summed E-state index contributed by atoms with van der Waals surface area (Å²) in [7, 11) is 0. The smallest absolute Gasteiger partial charge is 0.245 e. The van der Waals surface area contributed by atoms with Gasteiger partial charge in [-0.15, -0.1) is 0 Å². The number of nitrogens with zero attached hydrogens (tertiary/aromatic N) is 1. The Labute approximate surface area is 121 Å². The molecule has 2 aliphatic rings. The maximum absolute atomic E-state index is 12.8. The van der Waals surface area contributed by atoms with Gasteiger partial charge < -0.3 is 4.90 Å². The predicted molar refractivity (Wildman–Crippen MR) is 80.0 cm³/mol. The van der Waals surface area contributed by atoms with Gasteiger partial charge in [0.2, 0.25) is 5.91 Å². The molecule has 1 saturated carbocycles. The molecule has 3 atom stereocenters. The standard InChI is InChI=1S/C17H24N2O/c1-3-15-18-16(14-8-5-4-6-9-14)17(20)19(15)12(2)13-10-7-11-13/h4-6,8-9,12-13,15-16,18H,3,7,10-11H2,1-2H3. The van der Waals surface area contributed by atoms with Crippen molar-refractivity contribution in [3.05, 3.63) is 35.9 Å². The fourth-order valence-corrected chi connectivity index (χ4v) is 3.48. The maximum atomic E-state index is 12.8. The molecular formula is C17H24N2O. The van der Waals surface area contributed by atoms with Crippen molar-refractivity contribution in [2.24, 2.45) is 5.92 Å². The normalized spacial score (nSPS) is 28.5. The van der Waals surface area contributed by atoms with E-state index < -0.39 is 0 Å². The van der Waals surface area contributed by atoms with Crippen LogP contribution in [0.1, 0.15) is 51.1 Å². The summed E-state index contributed by atoms with van der Waals surface area (Å²) in [6, 6.07) is 10.3. The number of carbonyl (C=O) groups is 1. The van der Waals surface area contributed by atoms with Crippen molar-refractivity contribution in [2.45, 2.75) is 57.8 Å². The molecule has 1 aliphatic heterocycles. The molecule has 2 fully saturated rings. The number of amides is 1. The summed E-state index contributed by atoms with van der Waals surface area (Å²) in [6.07, 6.45) is 5.02. The van der Waals surface area contributed by atoms with Gasteiger partial charge in [0, 0.05) is 6.04 Å². The third-order valence-corrected chi connectivity index (χ3v) is 4.99. The Balaban J connectivity index is 1.81. The number of carbonyl (C=O) groups excluding carboxylic acids is 1. The van der Waals surface area contributed by atoms with Crippen molar-refractivity contribution in [2.75, 3.05) is 0 Å². The first-order valence-electron chi connectivity index (χ1n) is 7.85. The summed E-state index contributed by atoms with van der Waals surface area (Å²) in [5.74, 6) is 0.951. The van der Waals surface area contributed by atoms with Gasteiger partial charge in [-0.3, -0.25) is 10.1 Å². The zero-order chi connectivity index (χ0) is 14.1. The summed E-state index contributed by atoms with van der Waals surface area (Å²) >= 11 is 0. The van der Waals surface area contributed by atoms with E-state index in [4.69, 9.17) is 0 Å². The molecule has 1 saturated heterocycles. The van der Waals surface area contributed by atoms with E-state index in [1.54, 1.807) is 0 Å². The molecule has 0 radical (unpaired) electrons. The average molecular weight is 272 g/mol. The van der Waals surface area contributed by atoms with Crippen LogP contribution in [0.4, 0.5) is 0 Å². The van der Waals surface area contributed by atoms with Crippen LogP contribution < -0.4 is 5.32 Å². The highest BCUT2D eigenvalue weighted by atomic mass is 16.2. The number of benzene rings is 1. The lowest BCUT2D eigenvalue weighted by molar-refractivity contribution is -0.133. The molecule has 0 spiro atoms. The molecular weight excluding hydrogens is 248 g/mol. The van der Waals surface area contributed by atoms with Gasteiger partial charge in [-0.05, 0) is 37.7 Å². The van der Waals surface area contributed by atoms with Crippen LogP contribution in [0.5, 0.6) is 0 Å². The monoisotopic (exact) mass is 272 g/mol. The second-order valence-electron chi connectivity index (χ2n) is 6.11. The van der Waals surface area contributed by atoms with Crippen LogP contribution in [0.2, 0.25) is 0 Å². The maximum Gasteiger partial charge on any atom is 0.245 e. The topological polar surface area (TPSA) is 32.3 Å². The number of rotatable bonds is 4. The summed E-state index contributed by atoms with van der Waals surface area (Å²) in [6.45, 7) is 4.37. The van der Waals surface area contributed by atoms with E-state index >= 15 is 0 Å².